The Morgan fingerprint density at radius 3 is 2.79 bits per heavy atom. The summed E-state index contributed by atoms with van der Waals surface area (Å²) in [5.41, 5.74) is 1.08. The van der Waals surface area contributed by atoms with E-state index in [0.717, 1.165) is 12.2 Å². The topological polar surface area (TPSA) is 65.2 Å². The lowest BCUT2D eigenvalue weighted by atomic mass is 10.1. The number of carbonyl (C=O) groups is 1. The maximum atomic E-state index is 12.4. The molecule has 1 fully saturated rings. The number of nitrogens with one attached hydrogen (secondary N) is 2. The van der Waals surface area contributed by atoms with E-state index in [1.54, 1.807) is 11.0 Å². The van der Waals surface area contributed by atoms with E-state index in [0.29, 0.717) is 24.7 Å². The standard InChI is InChI=1S/C14H21N3O2/c1-9(2)12-6-11(7-13(18)16-12)14(19)17-5-4-15-10(3)8-17/h6-7,9-10,15H,4-5,8H2,1-3H3,(H,16,18)/t10-/m1/s1. The summed E-state index contributed by atoms with van der Waals surface area (Å²) in [6.45, 7) is 8.21. The molecule has 1 saturated heterocycles. The molecule has 1 amide bonds. The second-order valence-electron chi connectivity index (χ2n) is 5.45. The normalized spacial score (nSPS) is 19.8. The van der Waals surface area contributed by atoms with Crippen LogP contribution in [0.1, 0.15) is 42.7 Å². The number of hydrogen-bond donors (Lipinski definition) is 2. The number of piperazine rings is 1. The van der Waals surface area contributed by atoms with Gasteiger partial charge in [0.05, 0.1) is 0 Å². The molecule has 5 heteroatoms. The lowest BCUT2D eigenvalue weighted by Crippen LogP contribution is -2.51. The fraction of sp³-hybridized carbons (Fsp3) is 0.571. The van der Waals surface area contributed by atoms with Crippen molar-refractivity contribution in [3.8, 4) is 0 Å². The van der Waals surface area contributed by atoms with E-state index in [1.165, 1.54) is 6.07 Å². The molecule has 0 aromatic carbocycles. The largest absolute Gasteiger partial charge is 0.336 e. The molecule has 1 atom stereocenters. The van der Waals surface area contributed by atoms with E-state index in [4.69, 9.17) is 0 Å². The van der Waals surface area contributed by atoms with Crippen LogP contribution in [0.3, 0.4) is 0 Å². The Bertz CT molecular complexity index is 522. The van der Waals surface area contributed by atoms with Gasteiger partial charge < -0.3 is 15.2 Å². The summed E-state index contributed by atoms with van der Waals surface area (Å²) < 4.78 is 0. The lowest BCUT2D eigenvalue weighted by Gasteiger charge is -2.32. The Morgan fingerprint density at radius 2 is 2.16 bits per heavy atom. The average molecular weight is 263 g/mol. The van der Waals surface area contributed by atoms with E-state index in [1.807, 2.05) is 13.8 Å². The van der Waals surface area contributed by atoms with E-state index in [2.05, 4.69) is 17.2 Å². The van der Waals surface area contributed by atoms with Gasteiger partial charge in [-0.15, -0.1) is 0 Å². The van der Waals surface area contributed by atoms with Crippen LogP contribution in [0, 0.1) is 0 Å². The zero-order valence-corrected chi connectivity index (χ0v) is 11.7. The highest BCUT2D eigenvalue weighted by Gasteiger charge is 2.22. The van der Waals surface area contributed by atoms with Crippen molar-refractivity contribution in [2.75, 3.05) is 19.6 Å². The van der Waals surface area contributed by atoms with Gasteiger partial charge >= 0.3 is 0 Å². The van der Waals surface area contributed by atoms with Gasteiger partial charge in [0.2, 0.25) is 5.56 Å². The van der Waals surface area contributed by atoms with E-state index in [-0.39, 0.29) is 17.4 Å². The monoisotopic (exact) mass is 263 g/mol. The highest BCUT2D eigenvalue weighted by molar-refractivity contribution is 5.94. The summed E-state index contributed by atoms with van der Waals surface area (Å²) in [7, 11) is 0. The van der Waals surface area contributed by atoms with Gasteiger partial charge in [-0.1, -0.05) is 13.8 Å². The van der Waals surface area contributed by atoms with Crippen LogP contribution >= 0.6 is 0 Å². The van der Waals surface area contributed by atoms with Crippen LogP contribution in [0.15, 0.2) is 16.9 Å². The van der Waals surface area contributed by atoms with Crippen molar-refractivity contribution >= 4 is 5.91 Å². The molecule has 2 N–H and O–H groups in total. The molecular weight excluding hydrogens is 242 g/mol. The maximum absolute atomic E-state index is 12.4. The minimum absolute atomic E-state index is 0.0543. The minimum Gasteiger partial charge on any atom is -0.336 e. The fourth-order valence-corrected chi connectivity index (χ4v) is 2.30. The number of aromatic nitrogens is 1. The Hall–Kier alpha value is -1.62. The van der Waals surface area contributed by atoms with Gasteiger partial charge in [0, 0.05) is 43.0 Å². The summed E-state index contributed by atoms with van der Waals surface area (Å²) >= 11 is 0. The summed E-state index contributed by atoms with van der Waals surface area (Å²) in [6, 6.07) is 3.48. The summed E-state index contributed by atoms with van der Waals surface area (Å²) in [4.78, 5) is 28.6. The van der Waals surface area contributed by atoms with Gasteiger partial charge in [0.1, 0.15) is 0 Å². The SMILES string of the molecule is CC(C)c1cc(C(=O)N2CCN[C@H](C)C2)cc(=O)[nH]1. The van der Waals surface area contributed by atoms with Crippen LogP contribution in [0.5, 0.6) is 0 Å². The number of aromatic amines is 1. The minimum atomic E-state index is -0.210. The molecule has 0 spiro atoms. The van der Waals surface area contributed by atoms with Crippen molar-refractivity contribution in [2.24, 2.45) is 0 Å². The second kappa shape index (κ2) is 5.57. The summed E-state index contributed by atoms with van der Waals surface area (Å²) in [6.07, 6.45) is 0. The Kier molecular flexibility index (Phi) is 4.04. The molecule has 1 aliphatic heterocycles. The second-order valence-corrected chi connectivity index (χ2v) is 5.45. The highest BCUT2D eigenvalue weighted by atomic mass is 16.2. The Labute approximate surface area is 113 Å². The first kappa shape index (κ1) is 13.8. The van der Waals surface area contributed by atoms with Crippen LogP contribution in [0.25, 0.3) is 0 Å². The number of nitrogens with zero attached hydrogens (tertiary/aromatic N) is 1. The molecule has 2 rings (SSSR count). The van der Waals surface area contributed by atoms with Crippen molar-refractivity contribution < 1.29 is 4.79 Å². The molecule has 2 heterocycles. The number of amides is 1. The molecule has 19 heavy (non-hydrogen) atoms. The first-order valence-corrected chi connectivity index (χ1v) is 6.74. The third-order valence-corrected chi connectivity index (χ3v) is 3.39. The highest BCUT2D eigenvalue weighted by Crippen LogP contribution is 2.13. The smallest absolute Gasteiger partial charge is 0.254 e. The van der Waals surface area contributed by atoms with Crippen LogP contribution in [-0.4, -0.2) is 41.5 Å². The zero-order chi connectivity index (χ0) is 14.0. The first-order chi connectivity index (χ1) is 8.97. The summed E-state index contributed by atoms with van der Waals surface area (Å²) in [5, 5.41) is 3.30. The van der Waals surface area contributed by atoms with Gasteiger partial charge in [-0.05, 0) is 18.9 Å². The third-order valence-electron chi connectivity index (χ3n) is 3.39. The Morgan fingerprint density at radius 1 is 1.42 bits per heavy atom. The number of carbonyl (C=O) groups excluding carboxylic acids is 1. The maximum Gasteiger partial charge on any atom is 0.254 e. The molecule has 5 nitrogen and oxygen atoms in total. The molecule has 0 aliphatic carbocycles. The van der Waals surface area contributed by atoms with Crippen LogP contribution < -0.4 is 10.9 Å². The van der Waals surface area contributed by atoms with Crippen molar-refractivity contribution in [2.45, 2.75) is 32.7 Å². The molecule has 104 valence electrons. The van der Waals surface area contributed by atoms with Gasteiger partial charge in [0.25, 0.3) is 5.91 Å². The average Bonchev–Trinajstić information content (AvgIpc) is 2.37. The quantitative estimate of drug-likeness (QED) is 0.834. The number of hydrogen-bond acceptors (Lipinski definition) is 3. The molecule has 0 unspecified atom stereocenters. The first-order valence-electron chi connectivity index (χ1n) is 6.74. The molecule has 0 radical (unpaired) electrons. The number of H-pyrrole nitrogens is 1. The molecule has 1 aromatic heterocycles. The van der Waals surface area contributed by atoms with E-state index >= 15 is 0 Å². The van der Waals surface area contributed by atoms with Crippen LogP contribution in [0.2, 0.25) is 0 Å². The van der Waals surface area contributed by atoms with Gasteiger partial charge in [-0.25, -0.2) is 0 Å². The van der Waals surface area contributed by atoms with Crippen molar-refractivity contribution in [3.63, 3.8) is 0 Å². The molecule has 0 bridgehead atoms. The lowest BCUT2D eigenvalue weighted by molar-refractivity contribution is 0.0708. The van der Waals surface area contributed by atoms with Gasteiger partial charge in [-0.3, -0.25) is 9.59 Å². The van der Waals surface area contributed by atoms with Gasteiger partial charge in [0.15, 0.2) is 0 Å². The van der Waals surface area contributed by atoms with Crippen LogP contribution in [0.4, 0.5) is 0 Å². The van der Waals surface area contributed by atoms with Crippen molar-refractivity contribution in [1.82, 2.24) is 15.2 Å². The van der Waals surface area contributed by atoms with Crippen LogP contribution in [-0.2, 0) is 0 Å². The van der Waals surface area contributed by atoms with Gasteiger partial charge in [-0.2, -0.15) is 0 Å². The molecule has 1 aliphatic rings. The number of pyridine rings is 1. The van der Waals surface area contributed by atoms with E-state index < -0.39 is 0 Å². The van der Waals surface area contributed by atoms with Crippen molar-refractivity contribution in [3.05, 3.63) is 33.7 Å². The molecule has 0 saturated carbocycles. The zero-order valence-electron chi connectivity index (χ0n) is 11.7. The third kappa shape index (κ3) is 3.23. The predicted octanol–water partition coefficient (Wildman–Crippen LogP) is 0.932. The molecular formula is C14H21N3O2. The van der Waals surface area contributed by atoms with Crippen molar-refractivity contribution in [1.29, 1.82) is 0 Å². The molecule has 1 aromatic rings. The van der Waals surface area contributed by atoms with E-state index in [9.17, 15) is 9.59 Å². The summed E-state index contributed by atoms with van der Waals surface area (Å²) in [5.74, 6) is 0.142. The number of rotatable bonds is 2. The Balaban J connectivity index is 2.25. The predicted molar refractivity (Wildman–Crippen MR) is 74.5 cm³/mol. The fourth-order valence-electron chi connectivity index (χ4n) is 2.30.